The van der Waals surface area contributed by atoms with Crippen LogP contribution in [0.2, 0.25) is 0 Å². The van der Waals surface area contributed by atoms with Crippen LogP contribution in [-0.4, -0.2) is 19.5 Å². The van der Waals surface area contributed by atoms with E-state index in [1.165, 1.54) is 94.6 Å². The Bertz CT molecular complexity index is 3860. The molecule has 4 heteroatoms. The quantitative estimate of drug-likeness (QED) is 0.177. The van der Waals surface area contributed by atoms with E-state index < -0.39 is 5.41 Å². The molecule has 2 aromatic heterocycles. The lowest BCUT2D eigenvalue weighted by Gasteiger charge is -2.42. The third-order valence-electron chi connectivity index (χ3n) is 15.9. The highest BCUT2D eigenvalue weighted by Crippen LogP contribution is 2.64. The van der Waals surface area contributed by atoms with Crippen molar-refractivity contribution >= 4 is 32.6 Å². The van der Waals surface area contributed by atoms with Crippen molar-refractivity contribution in [1.82, 2.24) is 19.5 Å². The normalized spacial score (nSPS) is 15.6. The highest BCUT2D eigenvalue weighted by Gasteiger charge is 2.52. The van der Waals surface area contributed by atoms with Crippen molar-refractivity contribution in [2.75, 3.05) is 0 Å². The zero-order valence-corrected chi connectivity index (χ0v) is 38.7. The van der Waals surface area contributed by atoms with E-state index in [0.717, 1.165) is 28.8 Å². The third-order valence-corrected chi connectivity index (χ3v) is 15.9. The lowest BCUT2D eigenvalue weighted by molar-refractivity contribution is 0.332. The van der Waals surface area contributed by atoms with E-state index in [4.69, 9.17) is 15.0 Å². The lowest BCUT2D eigenvalue weighted by atomic mass is 9.63. The smallest absolute Gasteiger partial charge is 0.164 e. The fraction of sp³-hybridized carbons (Fsp3) is 0.141. The minimum Gasteiger partial charge on any atom is -0.309 e. The van der Waals surface area contributed by atoms with E-state index >= 15 is 0 Å². The van der Waals surface area contributed by atoms with E-state index in [1.54, 1.807) is 0 Å². The standard InChI is InChI=1S/C64H48N4/c1-62(2)33-34-63(3,4)55-38-57-49(37-54(55)62)48-35-41-19-8-9-20-42(41)36-56(48)68(57)43-31-29-40(30-32-43)60-65-59(39-17-6-5-7-18-39)66-61(67-60)47-24-16-28-53-58(47)46-23-12-15-27-52(46)64(53)50-25-13-10-21-44(50)45-22-11-14-26-51(45)64/h5-32,35-38H,33-34H2,1-4H3. The molecule has 2 heterocycles. The minimum atomic E-state index is -0.465. The van der Waals surface area contributed by atoms with Crippen molar-refractivity contribution in [2.45, 2.75) is 56.8 Å². The summed E-state index contributed by atoms with van der Waals surface area (Å²) in [5.41, 5.74) is 19.2. The maximum Gasteiger partial charge on any atom is 0.164 e. The molecule has 0 aliphatic heterocycles. The molecule has 68 heavy (non-hydrogen) atoms. The van der Waals surface area contributed by atoms with Crippen molar-refractivity contribution in [1.29, 1.82) is 0 Å². The Morgan fingerprint density at radius 3 is 1.50 bits per heavy atom. The molecule has 3 aliphatic carbocycles. The second-order valence-corrected chi connectivity index (χ2v) is 20.6. The number of benzene rings is 9. The molecule has 0 radical (unpaired) electrons. The summed E-state index contributed by atoms with van der Waals surface area (Å²) in [6.07, 6.45) is 2.34. The average molecular weight is 873 g/mol. The molecular formula is C64H48N4. The van der Waals surface area contributed by atoms with Crippen LogP contribution in [0.5, 0.6) is 0 Å². The van der Waals surface area contributed by atoms with Gasteiger partial charge in [-0.2, -0.15) is 0 Å². The molecule has 0 N–H and O–H groups in total. The number of hydrogen-bond acceptors (Lipinski definition) is 3. The summed E-state index contributed by atoms with van der Waals surface area (Å²) in [5, 5.41) is 5.08. The molecule has 0 unspecified atom stereocenters. The number of nitrogens with zero attached hydrogens (tertiary/aromatic N) is 4. The van der Waals surface area contributed by atoms with Gasteiger partial charge in [0.15, 0.2) is 17.5 Å². The molecule has 0 atom stereocenters. The minimum absolute atomic E-state index is 0.0787. The molecule has 0 amide bonds. The van der Waals surface area contributed by atoms with Crippen LogP contribution in [0, 0.1) is 0 Å². The second-order valence-electron chi connectivity index (χ2n) is 20.6. The lowest BCUT2D eigenvalue weighted by Crippen LogP contribution is -2.33. The van der Waals surface area contributed by atoms with Crippen molar-refractivity contribution in [2.24, 2.45) is 0 Å². The van der Waals surface area contributed by atoms with Crippen molar-refractivity contribution < 1.29 is 0 Å². The van der Waals surface area contributed by atoms with E-state index in [2.05, 4.69) is 220 Å². The molecule has 3 aliphatic rings. The van der Waals surface area contributed by atoms with Crippen molar-refractivity contribution in [3.05, 3.63) is 228 Å². The summed E-state index contributed by atoms with van der Waals surface area (Å²) in [5.74, 6) is 1.95. The molecule has 0 fully saturated rings. The summed E-state index contributed by atoms with van der Waals surface area (Å²) < 4.78 is 2.48. The van der Waals surface area contributed by atoms with Gasteiger partial charge in [0.05, 0.1) is 16.4 Å². The topological polar surface area (TPSA) is 43.6 Å². The van der Waals surface area contributed by atoms with Crippen LogP contribution in [-0.2, 0) is 16.2 Å². The highest BCUT2D eigenvalue weighted by molar-refractivity contribution is 6.14. The van der Waals surface area contributed by atoms with Gasteiger partial charge >= 0.3 is 0 Å². The van der Waals surface area contributed by atoms with E-state index in [9.17, 15) is 0 Å². The van der Waals surface area contributed by atoms with E-state index in [1.807, 2.05) is 6.07 Å². The molecule has 0 saturated carbocycles. The first-order chi connectivity index (χ1) is 33.2. The number of rotatable bonds is 4. The van der Waals surface area contributed by atoms with E-state index in [-0.39, 0.29) is 10.8 Å². The Labute approximate surface area is 396 Å². The van der Waals surface area contributed by atoms with Gasteiger partial charge in [-0.25, -0.2) is 15.0 Å². The van der Waals surface area contributed by atoms with Crippen LogP contribution in [0.1, 0.15) is 73.9 Å². The number of fused-ring (bicyclic) bond motifs is 15. The zero-order chi connectivity index (χ0) is 45.5. The van der Waals surface area contributed by atoms with Gasteiger partial charge in [0.2, 0.25) is 0 Å². The molecular weight excluding hydrogens is 825 g/mol. The van der Waals surface area contributed by atoms with Crippen LogP contribution in [0.25, 0.3) is 94.7 Å². The largest absolute Gasteiger partial charge is 0.309 e. The highest BCUT2D eigenvalue weighted by atomic mass is 15.0. The fourth-order valence-electron chi connectivity index (χ4n) is 12.5. The summed E-state index contributed by atoms with van der Waals surface area (Å²) in [6.45, 7) is 9.68. The number of hydrogen-bond donors (Lipinski definition) is 0. The second kappa shape index (κ2) is 14.0. The Kier molecular flexibility index (Phi) is 8.10. The van der Waals surface area contributed by atoms with Gasteiger partial charge in [-0.15, -0.1) is 0 Å². The molecule has 9 aromatic carbocycles. The van der Waals surface area contributed by atoms with Crippen LogP contribution in [0.4, 0.5) is 0 Å². The monoisotopic (exact) mass is 872 g/mol. The van der Waals surface area contributed by atoms with Gasteiger partial charge in [-0.3, -0.25) is 0 Å². The zero-order valence-electron chi connectivity index (χ0n) is 38.7. The van der Waals surface area contributed by atoms with Crippen LogP contribution < -0.4 is 0 Å². The molecule has 14 rings (SSSR count). The molecule has 324 valence electrons. The first-order valence-corrected chi connectivity index (χ1v) is 24.1. The molecule has 11 aromatic rings. The first kappa shape index (κ1) is 39.2. The molecule has 4 nitrogen and oxygen atoms in total. The van der Waals surface area contributed by atoms with Crippen LogP contribution >= 0.6 is 0 Å². The Balaban J connectivity index is 0.964. The van der Waals surface area contributed by atoms with Crippen molar-refractivity contribution in [3.8, 4) is 62.1 Å². The van der Waals surface area contributed by atoms with E-state index in [0.29, 0.717) is 17.5 Å². The summed E-state index contributed by atoms with van der Waals surface area (Å²) in [6, 6.07) is 71.3. The average Bonchev–Trinajstić information content (AvgIpc) is 3.98. The van der Waals surface area contributed by atoms with Gasteiger partial charge in [0.25, 0.3) is 0 Å². The predicted octanol–water partition coefficient (Wildman–Crippen LogP) is 15.8. The van der Waals surface area contributed by atoms with Gasteiger partial charge < -0.3 is 4.57 Å². The Hall–Kier alpha value is -7.95. The van der Waals surface area contributed by atoms with Crippen molar-refractivity contribution in [3.63, 3.8) is 0 Å². The van der Waals surface area contributed by atoms with Gasteiger partial charge in [-0.05, 0) is 139 Å². The predicted molar refractivity (Wildman–Crippen MR) is 280 cm³/mol. The maximum atomic E-state index is 5.43. The summed E-state index contributed by atoms with van der Waals surface area (Å²) in [7, 11) is 0. The molecule has 0 bridgehead atoms. The summed E-state index contributed by atoms with van der Waals surface area (Å²) in [4.78, 5) is 16.0. The van der Waals surface area contributed by atoms with Gasteiger partial charge in [0.1, 0.15) is 0 Å². The Morgan fingerprint density at radius 2 is 0.838 bits per heavy atom. The SMILES string of the molecule is CC1(C)CCC(C)(C)c2cc3c(cc21)c1cc2ccccc2cc1n3-c1ccc(-c2nc(-c3ccccc3)nc(-c3cccc4c3-c3ccccc3C43c4ccccc4-c4ccccc43)n2)cc1. The number of aromatic nitrogens is 4. The third kappa shape index (κ3) is 5.40. The van der Waals surface area contributed by atoms with Crippen LogP contribution in [0.15, 0.2) is 194 Å². The van der Waals surface area contributed by atoms with Crippen LogP contribution in [0.3, 0.4) is 0 Å². The molecule has 0 saturated heterocycles. The Morgan fingerprint density at radius 1 is 0.368 bits per heavy atom. The molecule has 1 spiro atoms. The summed E-state index contributed by atoms with van der Waals surface area (Å²) >= 11 is 0. The first-order valence-electron chi connectivity index (χ1n) is 24.1. The van der Waals surface area contributed by atoms with Gasteiger partial charge in [0, 0.05) is 33.2 Å². The fourth-order valence-corrected chi connectivity index (χ4v) is 12.5. The maximum absolute atomic E-state index is 5.43. The van der Waals surface area contributed by atoms with Gasteiger partial charge in [-0.1, -0.05) is 173 Å².